The topological polar surface area (TPSA) is 99.2 Å². The molecule has 0 aliphatic carbocycles. The van der Waals surface area contributed by atoms with Crippen molar-refractivity contribution in [2.24, 2.45) is 0 Å². The average molecular weight is 441 g/mol. The van der Waals surface area contributed by atoms with Gasteiger partial charge in [0.1, 0.15) is 12.4 Å². The van der Waals surface area contributed by atoms with E-state index in [9.17, 15) is 14.7 Å². The van der Waals surface area contributed by atoms with Crippen LogP contribution in [0.25, 0.3) is 21.8 Å². The lowest BCUT2D eigenvalue weighted by atomic mass is 10.1. The number of aliphatic hydroxyl groups is 1. The maximum Gasteiger partial charge on any atom is 0.359 e. The van der Waals surface area contributed by atoms with E-state index >= 15 is 0 Å². The summed E-state index contributed by atoms with van der Waals surface area (Å²) in [6, 6.07) is 11.8. The Bertz CT molecular complexity index is 1340. The highest BCUT2D eigenvalue weighted by atomic mass is 35.5. The standard InChI is InChI=1S/C22H21ClN4O4/c1-13(2)27-21(29)16-6-4-3-5-15(16)20(25-27)22(30)31-12-19-24-17-8-7-14(23)11-18(17)26(19)9-10-28/h3-8,11,13,28H,9-10,12H2,1-2H3. The normalized spacial score (nSPS) is 11.5. The number of imidazole rings is 1. The fraction of sp³-hybridized carbons (Fsp3) is 0.273. The lowest BCUT2D eigenvalue weighted by Gasteiger charge is -2.13. The van der Waals surface area contributed by atoms with Crippen LogP contribution in [0, 0.1) is 0 Å². The number of nitrogens with zero attached hydrogens (tertiary/aromatic N) is 4. The lowest BCUT2D eigenvalue weighted by Crippen LogP contribution is -2.28. The van der Waals surface area contributed by atoms with Crippen LogP contribution < -0.4 is 5.56 Å². The third kappa shape index (κ3) is 3.92. The summed E-state index contributed by atoms with van der Waals surface area (Å²) in [6.07, 6.45) is 0. The van der Waals surface area contributed by atoms with Crippen LogP contribution in [0.4, 0.5) is 0 Å². The minimum absolute atomic E-state index is 0.0664. The Morgan fingerprint density at radius 3 is 2.65 bits per heavy atom. The van der Waals surface area contributed by atoms with E-state index < -0.39 is 5.97 Å². The quantitative estimate of drug-likeness (QED) is 0.462. The molecule has 2 heterocycles. The first-order valence-corrected chi connectivity index (χ1v) is 10.2. The number of esters is 1. The molecule has 0 spiro atoms. The molecule has 0 aliphatic heterocycles. The molecule has 8 nitrogen and oxygen atoms in total. The molecule has 160 valence electrons. The predicted octanol–water partition coefficient (Wildman–Crippen LogP) is 3.33. The fourth-order valence-corrected chi connectivity index (χ4v) is 3.68. The molecule has 0 fully saturated rings. The molecule has 0 atom stereocenters. The highest BCUT2D eigenvalue weighted by molar-refractivity contribution is 6.31. The van der Waals surface area contributed by atoms with Crippen molar-refractivity contribution in [2.75, 3.05) is 6.61 Å². The van der Waals surface area contributed by atoms with E-state index in [-0.39, 0.29) is 37.1 Å². The number of ether oxygens (including phenoxy) is 1. The van der Waals surface area contributed by atoms with Crippen LogP contribution in [0.15, 0.2) is 47.3 Å². The Morgan fingerprint density at radius 1 is 1.19 bits per heavy atom. The molecule has 0 amide bonds. The van der Waals surface area contributed by atoms with Crippen LogP contribution in [0.1, 0.15) is 36.2 Å². The third-order valence-electron chi connectivity index (χ3n) is 4.96. The maximum atomic E-state index is 12.9. The van der Waals surface area contributed by atoms with Gasteiger partial charge in [0.25, 0.3) is 5.56 Å². The molecule has 0 saturated heterocycles. The summed E-state index contributed by atoms with van der Waals surface area (Å²) in [4.78, 5) is 30.1. The number of benzene rings is 2. The number of carbonyl (C=O) groups excluding carboxylic acids is 1. The van der Waals surface area contributed by atoms with Gasteiger partial charge in [-0.1, -0.05) is 29.8 Å². The van der Waals surface area contributed by atoms with Crippen molar-refractivity contribution < 1.29 is 14.6 Å². The number of rotatable bonds is 6. The predicted molar refractivity (Wildman–Crippen MR) is 117 cm³/mol. The summed E-state index contributed by atoms with van der Waals surface area (Å²) in [6.45, 7) is 3.69. The minimum atomic E-state index is -0.661. The molecule has 0 aliphatic rings. The van der Waals surface area contributed by atoms with Crippen molar-refractivity contribution in [3.63, 3.8) is 0 Å². The van der Waals surface area contributed by atoms with Crippen LogP contribution in [0.2, 0.25) is 5.02 Å². The highest BCUT2D eigenvalue weighted by Gasteiger charge is 2.20. The average Bonchev–Trinajstić information content (AvgIpc) is 3.09. The van der Waals surface area contributed by atoms with Crippen molar-refractivity contribution in [3.8, 4) is 0 Å². The molecule has 4 rings (SSSR count). The van der Waals surface area contributed by atoms with Gasteiger partial charge in [0.05, 0.1) is 29.1 Å². The number of halogens is 1. The van der Waals surface area contributed by atoms with Gasteiger partial charge >= 0.3 is 5.97 Å². The van der Waals surface area contributed by atoms with E-state index in [2.05, 4.69) is 10.1 Å². The largest absolute Gasteiger partial charge is 0.453 e. The summed E-state index contributed by atoms with van der Waals surface area (Å²) in [5.74, 6) is -0.188. The van der Waals surface area contributed by atoms with E-state index in [0.717, 1.165) is 5.52 Å². The second-order valence-electron chi connectivity index (χ2n) is 7.35. The molecule has 31 heavy (non-hydrogen) atoms. The molecule has 0 saturated carbocycles. The minimum Gasteiger partial charge on any atom is -0.453 e. The van der Waals surface area contributed by atoms with Crippen LogP contribution in [0.5, 0.6) is 0 Å². The van der Waals surface area contributed by atoms with Crippen molar-refractivity contribution in [1.29, 1.82) is 0 Å². The van der Waals surface area contributed by atoms with Gasteiger partial charge in [-0.2, -0.15) is 5.10 Å². The van der Waals surface area contributed by atoms with Crippen LogP contribution in [-0.4, -0.2) is 37.0 Å². The highest BCUT2D eigenvalue weighted by Crippen LogP contribution is 2.22. The van der Waals surface area contributed by atoms with Gasteiger partial charge in [0.2, 0.25) is 0 Å². The van der Waals surface area contributed by atoms with E-state index in [1.165, 1.54) is 4.68 Å². The molecule has 0 radical (unpaired) electrons. The van der Waals surface area contributed by atoms with Crippen LogP contribution in [0.3, 0.4) is 0 Å². The zero-order valence-corrected chi connectivity index (χ0v) is 17.8. The Morgan fingerprint density at radius 2 is 1.94 bits per heavy atom. The monoisotopic (exact) mass is 440 g/mol. The maximum absolute atomic E-state index is 12.9. The van der Waals surface area contributed by atoms with Gasteiger partial charge in [0.15, 0.2) is 5.69 Å². The number of aromatic nitrogens is 4. The molecular weight excluding hydrogens is 420 g/mol. The van der Waals surface area contributed by atoms with E-state index in [4.69, 9.17) is 16.3 Å². The van der Waals surface area contributed by atoms with Gasteiger partial charge < -0.3 is 14.4 Å². The number of carbonyl (C=O) groups is 1. The van der Waals surface area contributed by atoms with Gasteiger partial charge in [-0.05, 0) is 38.1 Å². The second-order valence-corrected chi connectivity index (χ2v) is 7.79. The lowest BCUT2D eigenvalue weighted by molar-refractivity contribution is 0.0450. The summed E-state index contributed by atoms with van der Waals surface area (Å²) < 4.78 is 8.57. The molecule has 0 bridgehead atoms. The molecule has 9 heteroatoms. The molecular formula is C22H21ClN4O4. The van der Waals surface area contributed by atoms with E-state index in [1.54, 1.807) is 47.0 Å². The van der Waals surface area contributed by atoms with Gasteiger partial charge in [-0.25, -0.2) is 14.5 Å². The molecule has 0 unspecified atom stereocenters. The van der Waals surface area contributed by atoms with Crippen molar-refractivity contribution in [1.82, 2.24) is 19.3 Å². The number of aliphatic hydroxyl groups excluding tert-OH is 1. The second kappa shape index (κ2) is 8.49. The summed E-state index contributed by atoms with van der Waals surface area (Å²) in [5, 5.41) is 15.1. The molecule has 2 aromatic heterocycles. The van der Waals surface area contributed by atoms with Crippen molar-refractivity contribution in [3.05, 3.63) is 69.4 Å². The molecule has 4 aromatic rings. The Hall–Kier alpha value is -3.23. The van der Waals surface area contributed by atoms with E-state index in [0.29, 0.717) is 27.1 Å². The van der Waals surface area contributed by atoms with Gasteiger partial charge in [-0.15, -0.1) is 0 Å². The fourth-order valence-electron chi connectivity index (χ4n) is 3.51. The first-order chi connectivity index (χ1) is 14.9. The Kier molecular flexibility index (Phi) is 5.75. The van der Waals surface area contributed by atoms with Crippen LogP contribution >= 0.6 is 11.6 Å². The van der Waals surface area contributed by atoms with Crippen molar-refractivity contribution >= 4 is 39.4 Å². The molecule has 2 aromatic carbocycles. The van der Waals surface area contributed by atoms with Crippen LogP contribution in [-0.2, 0) is 17.9 Å². The summed E-state index contributed by atoms with van der Waals surface area (Å²) >= 11 is 6.09. The van der Waals surface area contributed by atoms with Crippen molar-refractivity contribution in [2.45, 2.75) is 33.0 Å². The van der Waals surface area contributed by atoms with Gasteiger partial charge in [0, 0.05) is 17.0 Å². The van der Waals surface area contributed by atoms with E-state index in [1.807, 2.05) is 13.8 Å². The first kappa shape index (κ1) is 21.0. The zero-order valence-electron chi connectivity index (χ0n) is 17.1. The smallest absolute Gasteiger partial charge is 0.359 e. The Balaban J connectivity index is 1.70. The Labute approximate surface area is 182 Å². The first-order valence-electron chi connectivity index (χ1n) is 9.85. The number of hydrogen-bond donors (Lipinski definition) is 1. The van der Waals surface area contributed by atoms with Gasteiger partial charge in [-0.3, -0.25) is 4.79 Å². The molecule has 1 N–H and O–H groups in total. The third-order valence-corrected chi connectivity index (χ3v) is 5.19. The number of fused-ring (bicyclic) bond motifs is 2. The SMILES string of the molecule is CC(C)n1nc(C(=O)OCc2nc3ccc(Cl)cc3n2CCO)c2ccccc2c1=O. The number of hydrogen-bond acceptors (Lipinski definition) is 6. The zero-order chi connectivity index (χ0) is 22.1. The summed E-state index contributed by atoms with van der Waals surface area (Å²) in [5.41, 5.74) is 1.23. The summed E-state index contributed by atoms with van der Waals surface area (Å²) in [7, 11) is 0.